The first kappa shape index (κ1) is 10.5. The summed E-state index contributed by atoms with van der Waals surface area (Å²) in [6.07, 6.45) is 0.770. The molecule has 15 heavy (non-hydrogen) atoms. The molecule has 1 heterocycles. The number of benzene rings is 1. The van der Waals surface area contributed by atoms with E-state index in [1.165, 1.54) is 0 Å². The fourth-order valence-corrected chi connectivity index (χ4v) is 1.81. The Labute approximate surface area is 97.7 Å². The molecule has 0 fully saturated rings. The van der Waals surface area contributed by atoms with Crippen molar-refractivity contribution >= 4 is 23.2 Å². The molecule has 0 bridgehead atoms. The standard InChI is InChI=1S/C10H9Cl2N3/c1-2-9-13-14-10(12)15(9)8-5-3-4-7(11)6-8/h3-6H,2H2,1H3. The number of hydrogen-bond donors (Lipinski definition) is 0. The van der Waals surface area contributed by atoms with Crippen molar-refractivity contribution in [1.29, 1.82) is 0 Å². The molecular formula is C10H9Cl2N3. The van der Waals surface area contributed by atoms with Crippen LogP contribution in [0.5, 0.6) is 0 Å². The quantitative estimate of drug-likeness (QED) is 0.809. The van der Waals surface area contributed by atoms with E-state index in [2.05, 4.69) is 10.2 Å². The molecule has 0 amide bonds. The lowest BCUT2D eigenvalue weighted by molar-refractivity contribution is 0.883. The molecule has 3 nitrogen and oxygen atoms in total. The summed E-state index contributed by atoms with van der Waals surface area (Å²) in [6, 6.07) is 7.43. The molecule has 2 aromatic rings. The predicted molar refractivity (Wildman–Crippen MR) is 60.8 cm³/mol. The van der Waals surface area contributed by atoms with Crippen LogP contribution in [0, 0.1) is 0 Å². The Bertz CT molecular complexity index is 479. The van der Waals surface area contributed by atoms with Crippen molar-refractivity contribution in [3.63, 3.8) is 0 Å². The topological polar surface area (TPSA) is 30.7 Å². The first-order chi connectivity index (χ1) is 7.22. The third-order valence-electron chi connectivity index (χ3n) is 2.07. The van der Waals surface area contributed by atoms with Crippen molar-refractivity contribution < 1.29 is 0 Å². The van der Waals surface area contributed by atoms with Crippen LogP contribution in [-0.4, -0.2) is 14.8 Å². The van der Waals surface area contributed by atoms with Crippen LogP contribution in [0.1, 0.15) is 12.7 Å². The number of hydrogen-bond acceptors (Lipinski definition) is 2. The van der Waals surface area contributed by atoms with Crippen LogP contribution in [0.2, 0.25) is 10.3 Å². The molecule has 0 aliphatic heterocycles. The summed E-state index contributed by atoms with van der Waals surface area (Å²) < 4.78 is 1.79. The first-order valence-electron chi connectivity index (χ1n) is 4.58. The molecule has 78 valence electrons. The number of nitrogens with zero attached hydrogens (tertiary/aromatic N) is 3. The molecule has 0 saturated heterocycles. The minimum absolute atomic E-state index is 0.356. The van der Waals surface area contributed by atoms with Gasteiger partial charge in [0.05, 0.1) is 5.69 Å². The van der Waals surface area contributed by atoms with Crippen LogP contribution in [0.4, 0.5) is 0 Å². The van der Waals surface area contributed by atoms with Gasteiger partial charge in [0.2, 0.25) is 5.28 Å². The van der Waals surface area contributed by atoms with Gasteiger partial charge < -0.3 is 0 Å². The number of halogens is 2. The fraction of sp³-hybridized carbons (Fsp3) is 0.200. The third-order valence-corrected chi connectivity index (χ3v) is 2.55. The lowest BCUT2D eigenvalue weighted by Gasteiger charge is -2.06. The smallest absolute Gasteiger partial charge is 0.229 e. The maximum absolute atomic E-state index is 5.96. The Kier molecular flexibility index (Phi) is 2.93. The Balaban J connectivity index is 2.57. The third kappa shape index (κ3) is 1.98. The molecule has 0 radical (unpaired) electrons. The highest BCUT2D eigenvalue weighted by atomic mass is 35.5. The average Bonchev–Trinajstić information content (AvgIpc) is 2.59. The van der Waals surface area contributed by atoms with Crippen LogP contribution in [0.25, 0.3) is 5.69 Å². The van der Waals surface area contributed by atoms with Crippen molar-refractivity contribution in [1.82, 2.24) is 14.8 Å². The van der Waals surface area contributed by atoms with Gasteiger partial charge in [-0.05, 0) is 29.8 Å². The molecule has 1 aromatic heterocycles. The van der Waals surface area contributed by atoms with Gasteiger partial charge in [0.1, 0.15) is 5.82 Å². The largest absolute Gasteiger partial charge is 0.270 e. The lowest BCUT2D eigenvalue weighted by Crippen LogP contribution is -1.99. The van der Waals surface area contributed by atoms with E-state index in [1.54, 1.807) is 4.57 Å². The van der Waals surface area contributed by atoms with Crippen molar-refractivity contribution in [2.75, 3.05) is 0 Å². The second-order valence-corrected chi connectivity index (χ2v) is 3.83. The van der Waals surface area contributed by atoms with Gasteiger partial charge in [-0.15, -0.1) is 10.2 Å². The van der Waals surface area contributed by atoms with Crippen LogP contribution in [0.3, 0.4) is 0 Å². The van der Waals surface area contributed by atoms with Crippen LogP contribution >= 0.6 is 23.2 Å². The summed E-state index contributed by atoms with van der Waals surface area (Å²) in [5.74, 6) is 0.822. The summed E-state index contributed by atoms with van der Waals surface area (Å²) in [5, 5.41) is 8.83. The summed E-state index contributed by atoms with van der Waals surface area (Å²) in [5.41, 5.74) is 0.884. The lowest BCUT2D eigenvalue weighted by atomic mass is 10.3. The highest BCUT2D eigenvalue weighted by molar-refractivity contribution is 6.31. The Morgan fingerprint density at radius 2 is 2.07 bits per heavy atom. The normalized spacial score (nSPS) is 10.6. The second-order valence-electron chi connectivity index (χ2n) is 3.05. The van der Waals surface area contributed by atoms with E-state index in [4.69, 9.17) is 23.2 Å². The number of rotatable bonds is 2. The van der Waals surface area contributed by atoms with E-state index in [0.717, 1.165) is 17.9 Å². The first-order valence-corrected chi connectivity index (χ1v) is 5.33. The number of aromatic nitrogens is 3. The van der Waals surface area contributed by atoms with Crippen LogP contribution in [0.15, 0.2) is 24.3 Å². The molecule has 2 rings (SSSR count). The Hall–Kier alpha value is -1.06. The van der Waals surface area contributed by atoms with E-state index < -0.39 is 0 Å². The van der Waals surface area contributed by atoms with Gasteiger partial charge in [0.15, 0.2) is 0 Å². The van der Waals surface area contributed by atoms with Gasteiger partial charge in [-0.25, -0.2) is 0 Å². The number of aryl methyl sites for hydroxylation is 1. The minimum atomic E-state index is 0.356. The second kappa shape index (κ2) is 4.21. The zero-order chi connectivity index (χ0) is 10.8. The van der Waals surface area contributed by atoms with Crippen molar-refractivity contribution in [3.05, 3.63) is 40.4 Å². The van der Waals surface area contributed by atoms with Gasteiger partial charge in [0, 0.05) is 11.4 Å². The van der Waals surface area contributed by atoms with Crippen molar-refractivity contribution in [3.8, 4) is 5.69 Å². The molecule has 0 N–H and O–H groups in total. The predicted octanol–water partition coefficient (Wildman–Crippen LogP) is 3.14. The monoisotopic (exact) mass is 241 g/mol. The minimum Gasteiger partial charge on any atom is -0.270 e. The van der Waals surface area contributed by atoms with Crippen molar-refractivity contribution in [2.45, 2.75) is 13.3 Å². The van der Waals surface area contributed by atoms with E-state index in [9.17, 15) is 0 Å². The maximum atomic E-state index is 5.96. The Morgan fingerprint density at radius 3 is 2.73 bits per heavy atom. The molecule has 1 aromatic carbocycles. The highest BCUT2D eigenvalue weighted by Gasteiger charge is 2.10. The SMILES string of the molecule is CCc1nnc(Cl)n1-c1cccc(Cl)c1. The molecule has 0 aliphatic rings. The average molecular weight is 242 g/mol. The molecule has 0 spiro atoms. The molecular weight excluding hydrogens is 233 g/mol. The zero-order valence-electron chi connectivity index (χ0n) is 8.11. The summed E-state index contributed by atoms with van der Waals surface area (Å²) in [7, 11) is 0. The van der Waals surface area contributed by atoms with E-state index in [1.807, 2.05) is 31.2 Å². The van der Waals surface area contributed by atoms with Crippen LogP contribution < -0.4 is 0 Å². The fourth-order valence-electron chi connectivity index (χ4n) is 1.39. The van der Waals surface area contributed by atoms with E-state index in [0.29, 0.717) is 10.3 Å². The van der Waals surface area contributed by atoms with Crippen LogP contribution in [-0.2, 0) is 6.42 Å². The van der Waals surface area contributed by atoms with Gasteiger partial charge in [-0.1, -0.05) is 24.6 Å². The maximum Gasteiger partial charge on any atom is 0.229 e. The van der Waals surface area contributed by atoms with Gasteiger partial charge in [0.25, 0.3) is 0 Å². The van der Waals surface area contributed by atoms with Gasteiger partial charge in [-0.3, -0.25) is 4.57 Å². The summed E-state index contributed by atoms with van der Waals surface area (Å²) in [6.45, 7) is 2.00. The van der Waals surface area contributed by atoms with E-state index >= 15 is 0 Å². The van der Waals surface area contributed by atoms with Gasteiger partial charge >= 0.3 is 0 Å². The molecule has 5 heteroatoms. The summed E-state index contributed by atoms with van der Waals surface area (Å²) in [4.78, 5) is 0. The molecule has 0 saturated carbocycles. The van der Waals surface area contributed by atoms with Crippen molar-refractivity contribution in [2.24, 2.45) is 0 Å². The van der Waals surface area contributed by atoms with Gasteiger partial charge in [-0.2, -0.15) is 0 Å². The molecule has 0 unspecified atom stereocenters. The molecule has 0 atom stereocenters. The van der Waals surface area contributed by atoms with E-state index in [-0.39, 0.29) is 0 Å². The Morgan fingerprint density at radius 1 is 1.27 bits per heavy atom. The zero-order valence-corrected chi connectivity index (χ0v) is 9.63. The highest BCUT2D eigenvalue weighted by Crippen LogP contribution is 2.20. The molecule has 0 aliphatic carbocycles. The summed E-state index contributed by atoms with van der Waals surface area (Å²) >= 11 is 11.9.